The van der Waals surface area contributed by atoms with Gasteiger partial charge in [-0.15, -0.1) is 0 Å². The molecular formula is C9H13BrN2OS. The Kier molecular flexibility index (Phi) is 3.55. The number of hydrogen-bond acceptors (Lipinski definition) is 3. The van der Waals surface area contributed by atoms with Crippen molar-refractivity contribution in [1.29, 1.82) is 0 Å². The summed E-state index contributed by atoms with van der Waals surface area (Å²) in [5.41, 5.74) is 7.35. The third kappa shape index (κ3) is 3.67. The first-order valence-electron chi connectivity index (χ1n) is 4.05. The number of halogens is 1. The highest BCUT2D eigenvalue weighted by Gasteiger charge is 1.99. The maximum absolute atomic E-state index is 11.3. The minimum absolute atomic E-state index is 0.408. The number of rotatable bonds is 2. The van der Waals surface area contributed by atoms with Gasteiger partial charge in [0.15, 0.2) is 0 Å². The molecule has 0 aliphatic heterocycles. The topological polar surface area (TPSA) is 55.5 Å². The summed E-state index contributed by atoms with van der Waals surface area (Å²) in [5, 5.41) is 0. The Morgan fingerprint density at radius 2 is 2.14 bits per heavy atom. The molecule has 0 heterocycles. The van der Waals surface area contributed by atoms with Gasteiger partial charge < -0.3 is 5.73 Å². The summed E-state index contributed by atoms with van der Waals surface area (Å²) in [4.78, 5) is 0. The van der Waals surface area contributed by atoms with E-state index in [1.165, 1.54) is 0 Å². The van der Waals surface area contributed by atoms with Crippen molar-refractivity contribution in [2.24, 2.45) is 4.36 Å². The average molecular weight is 277 g/mol. The van der Waals surface area contributed by atoms with Crippen molar-refractivity contribution >= 4 is 31.3 Å². The van der Waals surface area contributed by atoms with Crippen molar-refractivity contribution in [2.45, 2.75) is 6.54 Å². The van der Waals surface area contributed by atoms with Gasteiger partial charge in [-0.25, -0.2) is 4.36 Å². The molecule has 1 aromatic carbocycles. The minimum atomic E-state index is -2.04. The van der Waals surface area contributed by atoms with E-state index in [0.29, 0.717) is 12.2 Å². The summed E-state index contributed by atoms with van der Waals surface area (Å²) in [6, 6.07) is 5.60. The molecule has 0 fully saturated rings. The highest BCUT2D eigenvalue weighted by Crippen LogP contribution is 2.19. The molecule has 3 nitrogen and oxygen atoms in total. The Morgan fingerprint density at radius 1 is 1.50 bits per heavy atom. The molecule has 1 rings (SSSR count). The number of nitrogens with zero attached hydrogens (tertiary/aromatic N) is 1. The summed E-state index contributed by atoms with van der Waals surface area (Å²) in [7, 11) is -2.04. The molecule has 0 saturated heterocycles. The van der Waals surface area contributed by atoms with Crippen molar-refractivity contribution in [2.75, 3.05) is 18.2 Å². The van der Waals surface area contributed by atoms with Gasteiger partial charge in [-0.05, 0) is 17.7 Å². The van der Waals surface area contributed by atoms with Crippen LogP contribution >= 0.6 is 15.9 Å². The van der Waals surface area contributed by atoms with Gasteiger partial charge >= 0.3 is 0 Å². The van der Waals surface area contributed by atoms with E-state index in [2.05, 4.69) is 20.3 Å². The largest absolute Gasteiger partial charge is 0.398 e. The second-order valence-corrected chi connectivity index (χ2v) is 6.85. The van der Waals surface area contributed by atoms with E-state index in [1.807, 2.05) is 18.2 Å². The Labute approximate surface area is 93.0 Å². The van der Waals surface area contributed by atoms with Crippen molar-refractivity contribution in [3.63, 3.8) is 0 Å². The van der Waals surface area contributed by atoms with Crippen LogP contribution in [0.25, 0.3) is 0 Å². The lowest BCUT2D eigenvalue weighted by molar-refractivity contribution is 0.682. The van der Waals surface area contributed by atoms with E-state index < -0.39 is 9.73 Å². The fourth-order valence-electron chi connectivity index (χ4n) is 0.935. The highest BCUT2D eigenvalue weighted by atomic mass is 79.9. The van der Waals surface area contributed by atoms with E-state index in [1.54, 1.807) is 12.5 Å². The molecule has 5 heteroatoms. The summed E-state index contributed by atoms with van der Waals surface area (Å²) in [5.74, 6) is 0. The molecule has 0 amide bonds. The molecule has 0 unspecified atom stereocenters. The summed E-state index contributed by atoms with van der Waals surface area (Å²) >= 11 is 3.32. The van der Waals surface area contributed by atoms with Gasteiger partial charge in [0.25, 0.3) is 0 Å². The van der Waals surface area contributed by atoms with E-state index in [0.717, 1.165) is 10.0 Å². The van der Waals surface area contributed by atoms with Crippen molar-refractivity contribution < 1.29 is 4.21 Å². The molecule has 0 radical (unpaired) electrons. The van der Waals surface area contributed by atoms with E-state index in [4.69, 9.17) is 5.73 Å². The van der Waals surface area contributed by atoms with Crippen LogP contribution in [-0.2, 0) is 16.3 Å². The Balaban J connectivity index is 2.94. The molecular weight excluding hydrogens is 264 g/mol. The second-order valence-electron chi connectivity index (χ2n) is 3.31. The Hall–Kier alpha value is -0.550. The normalized spacial score (nSPS) is 11.4. The van der Waals surface area contributed by atoms with Gasteiger partial charge in [-0.2, -0.15) is 0 Å². The number of nitrogen functional groups attached to an aromatic ring is 1. The molecule has 0 atom stereocenters. The lowest BCUT2D eigenvalue weighted by Crippen LogP contribution is -1.96. The Bertz CT molecular complexity index is 442. The molecule has 14 heavy (non-hydrogen) atoms. The smallest absolute Gasteiger partial charge is 0.0754 e. The van der Waals surface area contributed by atoms with Crippen LogP contribution in [-0.4, -0.2) is 16.7 Å². The lowest BCUT2D eigenvalue weighted by atomic mass is 10.2. The van der Waals surface area contributed by atoms with Crippen molar-refractivity contribution in [1.82, 2.24) is 0 Å². The predicted molar refractivity (Wildman–Crippen MR) is 64.7 cm³/mol. The van der Waals surface area contributed by atoms with Crippen LogP contribution in [0.5, 0.6) is 0 Å². The van der Waals surface area contributed by atoms with Gasteiger partial charge in [-0.1, -0.05) is 22.0 Å². The van der Waals surface area contributed by atoms with Crippen LogP contribution < -0.4 is 5.73 Å². The van der Waals surface area contributed by atoms with Gasteiger partial charge in [0.05, 0.1) is 6.54 Å². The molecule has 1 aromatic rings. The van der Waals surface area contributed by atoms with Crippen molar-refractivity contribution in [3.8, 4) is 0 Å². The molecule has 2 N–H and O–H groups in total. The lowest BCUT2D eigenvalue weighted by Gasteiger charge is -2.03. The fourth-order valence-corrected chi connectivity index (χ4v) is 1.76. The maximum Gasteiger partial charge on any atom is 0.0754 e. The number of hydrogen-bond donors (Lipinski definition) is 1. The quantitative estimate of drug-likeness (QED) is 0.843. The molecule has 78 valence electrons. The molecule has 0 aromatic heterocycles. The third-order valence-corrected chi connectivity index (χ3v) is 2.90. The zero-order valence-corrected chi connectivity index (χ0v) is 10.6. The third-order valence-electron chi connectivity index (χ3n) is 1.65. The standard InChI is InChI=1S/C9H13BrN2OS/c1-14(2,13)12-6-7-3-4-8(10)5-9(7)11/h3-5H,6,11H2,1-2H3. The fraction of sp³-hybridized carbons (Fsp3) is 0.333. The highest BCUT2D eigenvalue weighted by molar-refractivity contribution is 9.10. The summed E-state index contributed by atoms with van der Waals surface area (Å²) in [6.45, 7) is 0.408. The average Bonchev–Trinajstić information content (AvgIpc) is 2.00. The van der Waals surface area contributed by atoms with E-state index >= 15 is 0 Å². The van der Waals surface area contributed by atoms with E-state index in [-0.39, 0.29) is 0 Å². The predicted octanol–water partition coefficient (Wildman–Crippen LogP) is 2.26. The van der Waals surface area contributed by atoms with Crippen LogP contribution in [0.4, 0.5) is 5.69 Å². The van der Waals surface area contributed by atoms with Gasteiger partial charge in [0, 0.05) is 32.4 Å². The molecule has 0 spiro atoms. The van der Waals surface area contributed by atoms with Gasteiger partial charge in [-0.3, -0.25) is 4.21 Å². The van der Waals surface area contributed by atoms with Crippen LogP contribution in [0.15, 0.2) is 27.0 Å². The van der Waals surface area contributed by atoms with Crippen LogP contribution in [0, 0.1) is 0 Å². The summed E-state index contributed by atoms with van der Waals surface area (Å²) in [6.07, 6.45) is 3.23. The molecule has 0 saturated carbocycles. The van der Waals surface area contributed by atoms with Crippen LogP contribution in [0.2, 0.25) is 0 Å². The SMILES string of the molecule is CS(C)(=O)=NCc1ccc(Br)cc1N. The van der Waals surface area contributed by atoms with E-state index in [9.17, 15) is 4.21 Å². The molecule has 0 aliphatic carbocycles. The number of nitrogens with two attached hydrogens (primary N) is 1. The minimum Gasteiger partial charge on any atom is -0.398 e. The number of anilines is 1. The zero-order valence-electron chi connectivity index (χ0n) is 8.16. The monoisotopic (exact) mass is 276 g/mol. The number of benzene rings is 1. The first-order valence-corrected chi connectivity index (χ1v) is 7.18. The van der Waals surface area contributed by atoms with Crippen molar-refractivity contribution in [3.05, 3.63) is 28.2 Å². The zero-order chi connectivity index (χ0) is 10.8. The summed E-state index contributed by atoms with van der Waals surface area (Å²) < 4.78 is 16.3. The van der Waals surface area contributed by atoms with Crippen LogP contribution in [0.3, 0.4) is 0 Å². The first kappa shape index (κ1) is 11.5. The Morgan fingerprint density at radius 3 is 2.64 bits per heavy atom. The molecule has 0 bridgehead atoms. The van der Waals surface area contributed by atoms with Crippen LogP contribution in [0.1, 0.15) is 5.56 Å². The molecule has 0 aliphatic rings. The second kappa shape index (κ2) is 4.31. The van der Waals surface area contributed by atoms with Gasteiger partial charge in [0.2, 0.25) is 0 Å². The van der Waals surface area contributed by atoms with Gasteiger partial charge in [0.1, 0.15) is 0 Å². The maximum atomic E-state index is 11.3. The first-order chi connectivity index (χ1) is 6.38.